The molecule has 1 aliphatic heterocycles. The molecule has 0 bridgehead atoms. The van der Waals surface area contributed by atoms with Crippen LogP contribution in [-0.4, -0.2) is 90.3 Å². The van der Waals surface area contributed by atoms with E-state index >= 15 is 0 Å². The number of carbonyl (C=O) groups is 2. The van der Waals surface area contributed by atoms with Crippen molar-refractivity contribution in [1.82, 2.24) is 14.7 Å². The summed E-state index contributed by atoms with van der Waals surface area (Å²) in [6, 6.07) is 11.9. The highest BCUT2D eigenvalue weighted by atomic mass is 16.6. The van der Waals surface area contributed by atoms with Crippen molar-refractivity contribution in [3.63, 3.8) is 0 Å². The highest BCUT2D eigenvalue weighted by Crippen LogP contribution is 2.29. The van der Waals surface area contributed by atoms with E-state index in [4.69, 9.17) is 9.47 Å². The van der Waals surface area contributed by atoms with Crippen LogP contribution in [-0.2, 0) is 14.3 Å². The standard InChI is InChI=1S/C29H40N4O4/c1-23(31(5)27(35)37-28(2,3)4)26(34)33-19-17-32(18-20-33)16-9-21-36-29(22-30)14-12-25(13-15-29)24-10-7-6-8-11-24/h6-8,10-14,23H,9,15-21H2,1-5H3/t23-,29?/m1/s1. The predicted octanol–water partition coefficient (Wildman–Crippen LogP) is 4.10. The van der Waals surface area contributed by atoms with Crippen molar-refractivity contribution >= 4 is 17.6 Å². The first-order valence-electron chi connectivity index (χ1n) is 13.0. The molecule has 200 valence electrons. The van der Waals surface area contributed by atoms with Crippen LogP contribution in [0.2, 0.25) is 0 Å². The number of ether oxygens (including phenoxy) is 2. The van der Waals surface area contributed by atoms with Crippen LogP contribution >= 0.6 is 0 Å². The summed E-state index contributed by atoms with van der Waals surface area (Å²) in [6.45, 7) is 11.2. The average Bonchev–Trinajstić information content (AvgIpc) is 2.90. The number of likely N-dealkylation sites (N-methyl/N-ethyl adjacent to an activating group) is 1. The fraction of sp³-hybridized carbons (Fsp3) is 0.552. The maximum atomic E-state index is 12.9. The zero-order valence-electron chi connectivity index (χ0n) is 22.8. The van der Waals surface area contributed by atoms with Gasteiger partial charge in [0, 0.05) is 46.2 Å². The van der Waals surface area contributed by atoms with Gasteiger partial charge in [-0.05, 0) is 51.3 Å². The van der Waals surface area contributed by atoms with E-state index < -0.39 is 23.3 Å². The van der Waals surface area contributed by atoms with Crippen molar-refractivity contribution in [2.75, 3.05) is 46.4 Å². The molecule has 0 N–H and O–H groups in total. The molecule has 0 spiro atoms. The monoisotopic (exact) mass is 508 g/mol. The second-order valence-corrected chi connectivity index (χ2v) is 10.7. The van der Waals surface area contributed by atoms with Gasteiger partial charge in [-0.2, -0.15) is 5.26 Å². The van der Waals surface area contributed by atoms with Gasteiger partial charge in [-0.1, -0.05) is 42.5 Å². The molecule has 1 aromatic rings. The van der Waals surface area contributed by atoms with E-state index in [-0.39, 0.29) is 5.91 Å². The molecule has 2 atom stereocenters. The zero-order chi connectivity index (χ0) is 27.1. The Morgan fingerprint density at radius 1 is 1.16 bits per heavy atom. The van der Waals surface area contributed by atoms with Crippen LogP contribution in [0.5, 0.6) is 0 Å². The van der Waals surface area contributed by atoms with Gasteiger partial charge in [0.15, 0.2) is 5.60 Å². The number of rotatable bonds is 8. The molecule has 1 unspecified atom stereocenters. The lowest BCUT2D eigenvalue weighted by Crippen LogP contribution is -2.54. The number of hydrogen-bond acceptors (Lipinski definition) is 6. The summed E-state index contributed by atoms with van der Waals surface area (Å²) in [5.74, 6) is -0.0701. The van der Waals surface area contributed by atoms with Crippen LogP contribution in [0.15, 0.2) is 48.6 Å². The summed E-state index contributed by atoms with van der Waals surface area (Å²) in [4.78, 5) is 30.7. The average molecular weight is 509 g/mol. The van der Waals surface area contributed by atoms with Gasteiger partial charge in [-0.25, -0.2) is 4.79 Å². The topological polar surface area (TPSA) is 86.1 Å². The molecule has 1 aromatic carbocycles. The first-order chi connectivity index (χ1) is 17.5. The predicted molar refractivity (Wildman–Crippen MR) is 144 cm³/mol. The highest BCUT2D eigenvalue weighted by Gasteiger charge is 2.32. The molecule has 3 rings (SSSR count). The van der Waals surface area contributed by atoms with Crippen molar-refractivity contribution < 1.29 is 19.1 Å². The summed E-state index contributed by atoms with van der Waals surface area (Å²) in [5, 5.41) is 9.77. The lowest BCUT2D eigenvalue weighted by atomic mass is 9.90. The maximum Gasteiger partial charge on any atom is 0.410 e. The Morgan fingerprint density at radius 2 is 1.84 bits per heavy atom. The number of carbonyl (C=O) groups excluding carboxylic acids is 2. The molecule has 1 aliphatic carbocycles. The molecule has 0 aromatic heterocycles. The number of piperazine rings is 1. The molecule has 0 saturated carbocycles. The minimum absolute atomic E-state index is 0.0701. The molecule has 2 aliphatic rings. The summed E-state index contributed by atoms with van der Waals surface area (Å²) in [6.07, 6.45) is 6.74. The van der Waals surface area contributed by atoms with Crippen molar-refractivity contribution in [3.8, 4) is 6.07 Å². The van der Waals surface area contributed by atoms with Gasteiger partial charge in [0.05, 0.1) is 6.61 Å². The summed E-state index contributed by atoms with van der Waals surface area (Å²) in [5.41, 5.74) is 0.716. The van der Waals surface area contributed by atoms with Crippen LogP contribution in [0.1, 0.15) is 46.1 Å². The fourth-order valence-electron chi connectivity index (χ4n) is 4.35. The molecular formula is C29H40N4O4. The smallest absolute Gasteiger partial charge is 0.410 e. The molecule has 1 fully saturated rings. The van der Waals surface area contributed by atoms with Crippen molar-refractivity contribution in [2.24, 2.45) is 0 Å². The van der Waals surface area contributed by atoms with Crippen LogP contribution in [0.4, 0.5) is 4.79 Å². The fourth-order valence-corrected chi connectivity index (χ4v) is 4.35. The van der Waals surface area contributed by atoms with E-state index in [2.05, 4.69) is 29.2 Å². The number of amides is 2. The highest BCUT2D eigenvalue weighted by molar-refractivity contribution is 5.85. The number of hydrogen-bond donors (Lipinski definition) is 0. The van der Waals surface area contributed by atoms with Gasteiger partial charge in [-0.15, -0.1) is 0 Å². The maximum absolute atomic E-state index is 12.9. The minimum Gasteiger partial charge on any atom is -0.444 e. The largest absolute Gasteiger partial charge is 0.444 e. The molecule has 2 amide bonds. The normalized spacial score (nSPS) is 21.1. The van der Waals surface area contributed by atoms with Crippen LogP contribution in [0, 0.1) is 11.3 Å². The zero-order valence-corrected chi connectivity index (χ0v) is 22.8. The second-order valence-electron chi connectivity index (χ2n) is 10.7. The Balaban J connectivity index is 1.38. The molecule has 1 heterocycles. The summed E-state index contributed by atoms with van der Waals surface area (Å²) < 4.78 is 11.4. The number of nitriles is 1. The number of allylic oxidation sites excluding steroid dienone is 2. The van der Waals surface area contributed by atoms with Gasteiger partial charge in [0.2, 0.25) is 5.91 Å². The molecule has 8 nitrogen and oxygen atoms in total. The molecule has 0 radical (unpaired) electrons. The minimum atomic E-state index is -0.917. The number of benzene rings is 1. The SMILES string of the molecule is C[C@H](C(=O)N1CCN(CCCOC2(C#N)C=CC(c3ccccc3)=CC2)CC1)N(C)C(=O)OC(C)(C)C. The van der Waals surface area contributed by atoms with Gasteiger partial charge >= 0.3 is 6.09 Å². The van der Waals surface area contributed by atoms with Gasteiger partial charge < -0.3 is 14.4 Å². The quantitative estimate of drug-likeness (QED) is 0.492. The van der Waals surface area contributed by atoms with Crippen LogP contribution in [0.25, 0.3) is 5.57 Å². The van der Waals surface area contributed by atoms with Gasteiger partial charge in [0.1, 0.15) is 17.7 Å². The van der Waals surface area contributed by atoms with E-state index in [9.17, 15) is 14.9 Å². The Morgan fingerprint density at radius 3 is 2.41 bits per heavy atom. The number of nitrogens with zero attached hydrogens (tertiary/aromatic N) is 4. The summed E-state index contributed by atoms with van der Waals surface area (Å²) >= 11 is 0. The van der Waals surface area contributed by atoms with E-state index in [1.54, 1.807) is 34.7 Å². The lowest BCUT2D eigenvalue weighted by Gasteiger charge is -2.37. The van der Waals surface area contributed by atoms with E-state index in [0.29, 0.717) is 26.1 Å². The third-order valence-corrected chi connectivity index (χ3v) is 6.74. The van der Waals surface area contributed by atoms with Gasteiger partial charge in [-0.3, -0.25) is 14.6 Å². The van der Waals surface area contributed by atoms with E-state index in [1.807, 2.05) is 35.3 Å². The summed E-state index contributed by atoms with van der Waals surface area (Å²) in [7, 11) is 1.60. The lowest BCUT2D eigenvalue weighted by molar-refractivity contribution is -0.137. The third kappa shape index (κ3) is 7.91. The molecular weight excluding hydrogens is 468 g/mol. The second kappa shape index (κ2) is 12.4. The van der Waals surface area contributed by atoms with Crippen LogP contribution < -0.4 is 0 Å². The van der Waals surface area contributed by atoms with Crippen molar-refractivity contribution in [1.29, 1.82) is 5.26 Å². The molecule has 8 heteroatoms. The first kappa shape index (κ1) is 28.4. The molecule has 37 heavy (non-hydrogen) atoms. The Bertz CT molecular complexity index is 1030. The Kier molecular flexibility index (Phi) is 9.52. The third-order valence-electron chi connectivity index (χ3n) is 6.74. The van der Waals surface area contributed by atoms with Crippen molar-refractivity contribution in [3.05, 3.63) is 54.1 Å². The first-order valence-corrected chi connectivity index (χ1v) is 13.0. The Hall–Kier alpha value is -3.15. The van der Waals surface area contributed by atoms with Crippen molar-refractivity contribution in [2.45, 2.75) is 57.8 Å². The van der Waals surface area contributed by atoms with Gasteiger partial charge in [0.25, 0.3) is 0 Å². The Labute approximate surface area is 221 Å². The van der Waals surface area contributed by atoms with Crippen LogP contribution in [0.3, 0.4) is 0 Å². The van der Waals surface area contributed by atoms with E-state index in [1.165, 1.54) is 4.90 Å². The molecule has 1 saturated heterocycles. The van der Waals surface area contributed by atoms with E-state index in [0.717, 1.165) is 37.2 Å².